The van der Waals surface area contributed by atoms with Crippen molar-refractivity contribution >= 4 is 17.3 Å². The zero-order chi connectivity index (χ0) is 24.5. The monoisotopic (exact) mass is 474 g/mol. The molecule has 0 aliphatic heterocycles. The van der Waals surface area contributed by atoms with Crippen LogP contribution in [-0.2, 0) is 17.5 Å². The number of carbonyl (C=O) groups is 1. The number of halogens is 3. The Balaban J connectivity index is 1.47. The number of alkyl halides is 3. The molecular formula is C23H21F3N4O4. The van der Waals surface area contributed by atoms with Gasteiger partial charge in [-0.1, -0.05) is 12.1 Å². The molecule has 178 valence electrons. The molecule has 34 heavy (non-hydrogen) atoms. The number of benzene rings is 2. The summed E-state index contributed by atoms with van der Waals surface area (Å²) in [4.78, 5) is 23.2. The summed E-state index contributed by atoms with van der Waals surface area (Å²) < 4.78 is 46.1. The Morgan fingerprint density at radius 2 is 1.97 bits per heavy atom. The molecule has 1 saturated carbocycles. The van der Waals surface area contributed by atoms with E-state index in [0.29, 0.717) is 11.4 Å². The smallest absolute Gasteiger partial charge is 0.435 e. The third-order valence-electron chi connectivity index (χ3n) is 5.26. The van der Waals surface area contributed by atoms with Gasteiger partial charge in [0.1, 0.15) is 11.5 Å². The first-order valence-corrected chi connectivity index (χ1v) is 10.6. The van der Waals surface area contributed by atoms with Gasteiger partial charge in [-0.15, -0.1) is 0 Å². The largest absolute Gasteiger partial charge is 0.457 e. The number of hydrogen-bond acceptors (Lipinski definition) is 5. The molecule has 0 atom stereocenters. The fraction of sp³-hybridized carbons (Fsp3) is 0.304. The van der Waals surface area contributed by atoms with Crippen molar-refractivity contribution < 1.29 is 27.6 Å². The highest BCUT2D eigenvalue weighted by Gasteiger charge is 2.37. The highest BCUT2D eigenvalue weighted by molar-refractivity contribution is 5.91. The molecule has 2 aromatic carbocycles. The van der Waals surface area contributed by atoms with Gasteiger partial charge in [0.05, 0.1) is 16.7 Å². The third kappa shape index (κ3) is 5.72. The molecule has 0 saturated heterocycles. The van der Waals surface area contributed by atoms with Crippen molar-refractivity contribution in [1.82, 2.24) is 9.78 Å². The van der Waals surface area contributed by atoms with Gasteiger partial charge in [0.15, 0.2) is 5.69 Å². The number of nitrogens with one attached hydrogen (secondary N) is 1. The SMILES string of the molecule is Cc1cccc(Oc2cc(NC(=O)CCn3nc(C(F)(F)F)cc3C3CC3)cc([N+](=O)[O-])c2)c1. The number of hydrogen-bond donors (Lipinski definition) is 1. The molecule has 1 heterocycles. The quantitative estimate of drug-likeness (QED) is 0.328. The summed E-state index contributed by atoms with van der Waals surface area (Å²) in [7, 11) is 0. The van der Waals surface area contributed by atoms with Crippen molar-refractivity contribution in [2.24, 2.45) is 0 Å². The lowest BCUT2D eigenvalue weighted by atomic mass is 10.2. The van der Waals surface area contributed by atoms with Crippen LogP contribution in [0.5, 0.6) is 11.5 Å². The fourth-order valence-corrected chi connectivity index (χ4v) is 3.52. The van der Waals surface area contributed by atoms with E-state index in [9.17, 15) is 28.1 Å². The summed E-state index contributed by atoms with van der Waals surface area (Å²) in [6.45, 7) is 1.83. The number of rotatable bonds is 8. The maximum atomic E-state index is 13.0. The Morgan fingerprint density at radius 3 is 2.62 bits per heavy atom. The Morgan fingerprint density at radius 1 is 1.21 bits per heavy atom. The van der Waals surface area contributed by atoms with Crippen molar-refractivity contribution in [1.29, 1.82) is 0 Å². The summed E-state index contributed by atoms with van der Waals surface area (Å²) in [6, 6.07) is 12.0. The molecule has 4 rings (SSSR count). The van der Waals surface area contributed by atoms with Crippen LogP contribution in [-0.4, -0.2) is 20.6 Å². The summed E-state index contributed by atoms with van der Waals surface area (Å²) in [5, 5.41) is 17.5. The molecule has 0 bridgehead atoms. The van der Waals surface area contributed by atoms with Crippen LogP contribution in [0.3, 0.4) is 0 Å². The lowest BCUT2D eigenvalue weighted by Crippen LogP contribution is -2.16. The second kappa shape index (κ2) is 9.16. The molecule has 1 aromatic heterocycles. The molecule has 1 aliphatic carbocycles. The van der Waals surface area contributed by atoms with E-state index in [1.54, 1.807) is 18.2 Å². The van der Waals surface area contributed by atoms with Crippen LogP contribution >= 0.6 is 0 Å². The molecule has 8 nitrogen and oxygen atoms in total. The Bertz CT molecular complexity index is 1240. The number of nitro groups is 1. The van der Waals surface area contributed by atoms with Crippen LogP contribution in [0.2, 0.25) is 0 Å². The van der Waals surface area contributed by atoms with E-state index < -0.39 is 22.7 Å². The highest BCUT2D eigenvalue weighted by atomic mass is 19.4. The van der Waals surface area contributed by atoms with Crippen molar-refractivity contribution in [2.45, 2.75) is 44.8 Å². The van der Waals surface area contributed by atoms with Gasteiger partial charge >= 0.3 is 6.18 Å². The van der Waals surface area contributed by atoms with E-state index in [-0.39, 0.29) is 36.0 Å². The van der Waals surface area contributed by atoms with E-state index in [1.165, 1.54) is 22.9 Å². The van der Waals surface area contributed by atoms with E-state index >= 15 is 0 Å². The average molecular weight is 474 g/mol. The second-order valence-corrected chi connectivity index (χ2v) is 8.14. The van der Waals surface area contributed by atoms with Gasteiger partial charge in [-0.3, -0.25) is 19.6 Å². The lowest BCUT2D eigenvalue weighted by Gasteiger charge is -2.11. The van der Waals surface area contributed by atoms with Crippen LogP contribution in [0, 0.1) is 17.0 Å². The topological polar surface area (TPSA) is 99.3 Å². The molecule has 0 radical (unpaired) electrons. The molecule has 11 heteroatoms. The predicted octanol–water partition coefficient (Wildman–Crippen LogP) is 5.82. The van der Waals surface area contributed by atoms with E-state index in [1.807, 2.05) is 13.0 Å². The number of nitrogens with zero attached hydrogens (tertiary/aromatic N) is 3. The number of aryl methyl sites for hydroxylation is 2. The summed E-state index contributed by atoms with van der Waals surface area (Å²) in [6.07, 6.45) is -3.15. The van der Waals surface area contributed by atoms with E-state index in [4.69, 9.17) is 4.74 Å². The zero-order valence-electron chi connectivity index (χ0n) is 18.1. The van der Waals surface area contributed by atoms with Crippen molar-refractivity contribution in [3.63, 3.8) is 0 Å². The first kappa shape index (κ1) is 23.3. The van der Waals surface area contributed by atoms with Crippen molar-refractivity contribution in [3.8, 4) is 11.5 Å². The van der Waals surface area contributed by atoms with E-state index in [2.05, 4.69) is 10.4 Å². The Labute approximate surface area is 192 Å². The number of aromatic nitrogens is 2. The van der Waals surface area contributed by atoms with Gasteiger partial charge in [-0.25, -0.2) is 0 Å². The number of nitro benzene ring substituents is 1. The Hall–Kier alpha value is -3.89. The standard InChI is InChI=1S/C23H21F3N4O4/c1-14-3-2-4-18(9-14)34-19-11-16(10-17(12-19)30(32)33)27-22(31)7-8-29-20(15-5-6-15)13-21(28-29)23(24,25)26/h2-4,9-13,15H,5-8H2,1H3,(H,27,31). The van der Waals surface area contributed by atoms with Crippen LogP contribution in [0.1, 0.15) is 42.1 Å². The number of carbonyl (C=O) groups excluding carboxylic acids is 1. The van der Waals surface area contributed by atoms with E-state index in [0.717, 1.165) is 24.5 Å². The molecule has 0 spiro atoms. The molecule has 0 unspecified atom stereocenters. The predicted molar refractivity (Wildman–Crippen MR) is 117 cm³/mol. The van der Waals surface area contributed by atoms with Gasteiger partial charge in [-0.2, -0.15) is 18.3 Å². The summed E-state index contributed by atoms with van der Waals surface area (Å²) >= 11 is 0. The number of amides is 1. The van der Waals surface area contributed by atoms with Crippen LogP contribution in [0.15, 0.2) is 48.5 Å². The molecule has 1 N–H and O–H groups in total. The first-order chi connectivity index (χ1) is 16.1. The number of anilines is 1. The minimum absolute atomic E-state index is 0.0183. The molecule has 1 aliphatic rings. The molecule has 1 amide bonds. The lowest BCUT2D eigenvalue weighted by molar-refractivity contribution is -0.384. The maximum Gasteiger partial charge on any atom is 0.435 e. The molecule has 1 fully saturated rings. The highest BCUT2D eigenvalue weighted by Crippen LogP contribution is 2.42. The third-order valence-corrected chi connectivity index (χ3v) is 5.26. The van der Waals surface area contributed by atoms with Crippen LogP contribution < -0.4 is 10.1 Å². The van der Waals surface area contributed by atoms with Gasteiger partial charge < -0.3 is 10.1 Å². The average Bonchev–Trinajstić information content (AvgIpc) is 3.49. The normalized spacial score (nSPS) is 13.5. The maximum absolute atomic E-state index is 13.0. The van der Waals surface area contributed by atoms with Gasteiger partial charge in [-0.05, 0) is 43.5 Å². The minimum Gasteiger partial charge on any atom is -0.457 e. The molecular weight excluding hydrogens is 453 g/mol. The number of non-ortho nitro benzene ring substituents is 1. The van der Waals surface area contributed by atoms with Gasteiger partial charge in [0, 0.05) is 36.7 Å². The van der Waals surface area contributed by atoms with Crippen LogP contribution in [0.4, 0.5) is 24.5 Å². The Kier molecular flexibility index (Phi) is 6.27. The first-order valence-electron chi connectivity index (χ1n) is 10.6. The van der Waals surface area contributed by atoms with Gasteiger partial charge in [0.2, 0.25) is 5.91 Å². The fourth-order valence-electron chi connectivity index (χ4n) is 3.52. The van der Waals surface area contributed by atoms with Crippen molar-refractivity contribution in [3.05, 3.63) is 75.6 Å². The zero-order valence-corrected chi connectivity index (χ0v) is 18.1. The summed E-state index contributed by atoms with van der Waals surface area (Å²) in [5.41, 5.74) is 0.282. The van der Waals surface area contributed by atoms with Crippen molar-refractivity contribution in [2.75, 3.05) is 5.32 Å². The second-order valence-electron chi connectivity index (χ2n) is 8.14. The summed E-state index contributed by atoms with van der Waals surface area (Å²) in [5.74, 6) is 0.134. The number of ether oxygens (including phenoxy) is 1. The van der Waals surface area contributed by atoms with Crippen LogP contribution in [0.25, 0.3) is 0 Å². The minimum atomic E-state index is -4.56. The van der Waals surface area contributed by atoms with Gasteiger partial charge in [0.25, 0.3) is 5.69 Å². The molecule has 3 aromatic rings.